The molecule has 1 aromatic carbocycles. The Morgan fingerprint density at radius 1 is 1.14 bits per heavy atom. The van der Waals surface area contributed by atoms with E-state index in [1.54, 1.807) is 0 Å². The van der Waals surface area contributed by atoms with Crippen molar-refractivity contribution in [1.82, 2.24) is 19.7 Å². The molecule has 3 heterocycles. The van der Waals surface area contributed by atoms with Crippen LogP contribution in [0.4, 0.5) is 0 Å². The molecule has 0 atom stereocenters. The highest BCUT2D eigenvalue weighted by atomic mass is 35.5. The summed E-state index contributed by atoms with van der Waals surface area (Å²) in [5.74, 6) is 0.0940. The fourth-order valence-electron chi connectivity index (χ4n) is 3.68. The quantitative estimate of drug-likeness (QED) is 0.619. The monoisotopic (exact) mass is 414 g/mol. The lowest BCUT2D eigenvalue weighted by Gasteiger charge is -2.13. The van der Waals surface area contributed by atoms with Crippen LogP contribution in [-0.2, 0) is 6.42 Å². The Morgan fingerprint density at radius 2 is 1.86 bits per heavy atom. The number of aromatic nitrogens is 3. The lowest BCUT2D eigenvalue weighted by atomic mass is 10.0. The number of halogens is 1. The number of hydrogen-bond acceptors (Lipinski definition) is 4. The van der Waals surface area contributed by atoms with E-state index in [2.05, 4.69) is 4.98 Å². The topological polar surface area (TPSA) is 51.0 Å². The molecule has 0 aliphatic carbocycles. The summed E-state index contributed by atoms with van der Waals surface area (Å²) in [6.07, 6.45) is 2.89. The van der Waals surface area contributed by atoms with Gasteiger partial charge in [-0.05, 0) is 45.2 Å². The van der Waals surface area contributed by atoms with Crippen LogP contribution in [0.25, 0.3) is 5.13 Å². The Labute approximate surface area is 174 Å². The third-order valence-corrected chi connectivity index (χ3v) is 6.81. The predicted octanol–water partition coefficient (Wildman–Crippen LogP) is 4.73. The van der Waals surface area contributed by atoms with Gasteiger partial charge in [0.15, 0.2) is 0 Å². The molecule has 28 heavy (non-hydrogen) atoms. The van der Waals surface area contributed by atoms with Crippen molar-refractivity contribution in [1.29, 1.82) is 0 Å². The maximum absolute atomic E-state index is 12.8. The van der Waals surface area contributed by atoms with E-state index in [-0.39, 0.29) is 5.91 Å². The molecule has 1 amide bonds. The first-order valence-corrected chi connectivity index (χ1v) is 10.7. The maximum atomic E-state index is 12.8. The van der Waals surface area contributed by atoms with Crippen molar-refractivity contribution in [3.63, 3.8) is 0 Å². The van der Waals surface area contributed by atoms with Gasteiger partial charge in [-0.3, -0.25) is 4.79 Å². The number of thiazole rings is 1. The molecule has 5 nitrogen and oxygen atoms in total. The molecule has 1 fully saturated rings. The van der Waals surface area contributed by atoms with E-state index in [0.717, 1.165) is 75.6 Å². The largest absolute Gasteiger partial charge is 0.338 e. The van der Waals surface area contributed by atoms with Crippen LogP contribution in [0.2, 0.25) is 5.02 Å². The lowest BCUT2D eigenvalue weighted by molar-refractivity contribution is 0.0796. The second-order valence-electron chi connectivity index (χ2n) is 7.24. The van der Waals surface area contributed by atoms with Crippen molar-refractivity contribution >= 4 is 28.8 Å². The summed E-state index contributed by atoms with van der Waals surface area (Å²) < 4.78 is 1.86. The zero-order valence-corrected chi connectivity index (χ0v) is 17.9. The molecule has 3 aromatic rings. The van der Waals surface area contributed by atoms with Gasteiger partial charge in [0.1, 0.15) is 4.88 Å². The van der Waals surface area contributed by atoms with Gasteiger partial charge < -0.3 is 4.90 Å². The first-order valence-electron chi connectivity index (χ1n) is 9.51. The first-order chi connectivity index (χ1) is 13.5. The van der Waals surface area contributed by atoms with E-state index in [4.69, 9.17) is 16.7 Å². The Kier molecular flexibility index (Phi) is 5.25. The lowest BCUT2D eigenvalue weighted by Crippen LogP contribution is -2.27. The molecule has 0 saturated carbocycles. The van der Waals surface area contributed by atoms with E-state index >= 15 is 0 Å². The zero-order chi connectivity index (χ0) is 19.8. The third kappa shape index (κ3) is 3.47. The standard InChI is InChI=1S/C21H23ClN4OS/c1-13-17(12-16-8-4-5-9-18(16)22)15(3)26(24-13)21-23-14(2)19(28-21)20(27)25-10-6-7-11-25/h4-5,8-9H,6-7,10-12H2,1-3H3. The van der Waals surface area contributed by atoms with Crippen LogP contribution >= 0.6 is 22.9 Å². The number of hydrogen-bond donors (Lipinski definition) is 0. The molecule has 0 spiro atoms. The Balaban J connectivity index is 1.66. The van der Waals surface area contributed by atoms with Crippen molar-refractivity contribution in [3.8, 4) is 5.13 Å². The van der Waals surface area contributed by atoms with Crippen molar-refractivity contribution in [2.24, 2.45) is 0 Å². The molecular weight excluding hydrogens is 392 g/mol. The molecule has 4 rings (SSSR count). The number of nitrogens with zero attached hydrogens (tertiary/aromatic N) is 4. The van der Waals surface area contributed by atoms with Gasteiger partial charge in [0, 0.05) is 35.8 Å². The van der Waals surface area contributed by atoms with Crippen molar-refractivity contribution in [3.05, 3.63) is 62.4 Å². The number of likely N-dealkylation sites (tertiary alicyclic amines) is 1. The molecule has 1 saturated heterocycles. The summed E-state index contributed by atoms with van der Waals surface area (Å²) >= 11 is 7.77. The van der Waals surface area contributed by atoms with E-state index in [1.165, 1.54) is 11.3 Å². The van der Waals surface area contributed by atoms with Gasteiger partial charge in [0.25, 0.3) is 5.91 Å². The van der Waals surface area contributed by atoms with Crippen LogP contribution in [-0.4, -0.2) is 38.7 Å². The normalized spacial score (nSPS) is 14.1. The van der Waals surface area contributed by atoms with Crippen LogP contribution in [0.3, 0.4) is 0 Å². The van der Waals surface area contributed by atoms with Gasteiger partial charge in [-0.1, -0.05) is 41.1 Å². The molecule has 0 N–H and O–H groups in total. The average Bonchev–Trinajstić information content (AvgIpc) is 3.39. The highest BCUT2D eigenvalue weighted by Gasteiger charge is 2.25. The van der Waals surface area contributed by atoms with E-state index in [1.807, 2.05) is 54.6 Å². The van der Waals surface area contributed by atoms with Crippen molar-refractivity contribution < 1.29 is 4.79 Å². The van der Waals surface area contributed by atoms with E-state index < -0.39 is 0 Å². The van der Waals surface area contributed by atoms with Crippen LogP contribution in [0.1, 0.15) is 50.7 Å². The Hall–Kier alpha value is -2.18. The first kappa shape index (κ1) is 19.2. The van der Waals surface area contributed by atoms with Crippen LogP contribution in [0.5, 0.6) is 0 Å². The third-order valence-electron chi connectivity index (χ3n) is 5.32. The van der Waals surface area contributed by atoms with Gasteiger partial charge in [-0.2, -0.15) is 5.10 Å². The smallest absolute Gasteiger partial charge is 0.265 e. The van der Waals surface area contributed by atoms with Crippen LogP contribution in [0.15, 0.2) is 24.3 Å². The van der Waals surface area contributed by atoms with Gasteiger partial charge in [-0.15, -0.1) is 0 Å². The summed E-state index contributed by atoms with van der Waals surface area (Å²) in [6.45, 7) is 7.64. The second-order valence-corrected chi connectivity index (χ2v) is 8.62. The number of carbonyl (C=O) groups excluding carboxylic acids is 1. The SMILES string of the molecule is Cc1nc(-n2nc(C)c(Cc3ccccc3Cl)c2C)sc1C(=O)N1CCCC1. The van der Waals surface area contributed by atoms with E-state index in [0.29, 0.717) is 0 Å². The van der Waals surface area contributed by atoms with Crippen LogP contribution < -0.4 is 0 Å². The molecule has 7 heteroatoms. The molecule has 2 aromatic heterocycles. The average molecular weight is 415 g/mol. The number of benzene rings is 1. The highest BCUT2D eigenvalue weighted by molar-refractivity contribution is 7.16. The predicted molar refractivity (Wildman–Crippen MR) is 113 cm³/mol. The Morgan fingerprint density at radius 3 is 2.57 bits per heavy atom. The van der Waals surface area contributed by atoms with E-state index in [9.17, 15) is 4.79 Å². The number of carbonyl (C=O) groups is 1. The molecule has 0 bridgehead atoms. The summed E-state index contributed by atoms with van der Waals surface area (Å²) in [5.41, 5.74) is 4.99. The molecule has 0 unspecified atom stereocenters. The summed E-state index contributed by atoms with van der Waals surface area (Å²) in [6, 6.07) is 7.88. The van der Waals surface area contributed by atoms with Gasteiger partial charge >= 0.3 is 0 Å². The van der Waals surface area contributed by atoms with Gasteiger partial charge in [0.05, 0.1) is 11.4 Å². The Bertz CT molecular complexity index is 1030. The number of rotatable bonds is 4. The maximum Gasteiger partial charge on any atom is 0.265 e. The fourth-order valence-corrected chi connectivity index (χ4v) is 4.93. The van der Waals surface area contributed by atoms with Gasteiger partial charge in [0.2, 0.25) is 5.13 Å². The number of amides is 1. The van der Waals surface area contributed by atoms with Crippen molar-refractivity contribution in [2.45, 2.75) is 40.0 Å². The number of aryl methyl sites for hydroxylation is 2. The highest BCUT2D eigenvalue weighted by Crippen LogP contribution is 2.28. The second kappa shape index (κ2) is 7.68. The molecule has 1 aliphatic heterocycles. The minimum absolute atomic E-state index is 0.0940. The molecule has 1 aliphatic rings. The fraction of sp³-hybridized carbons (Fsp3) is 0.381. The summed E-state index contributed by atoms with van der Waals surface area (Å²) in [5, 5.41) is 6.22. The van der Waals surface area contributed by atoms with Gasteiger partial charge in [-0.25, -0.2) is 9.67 Å². The minimum atomic E-state index is 0.0940. The zero-order valence-electron chi connectivity index (χ0n) is 16.3. The van der Waals surface area contributed by atoms with Crippen LogP contribution in [0, 0.1) is 20.8 Å². The summed E-state index contributed by atoms with van der Waals surface area (Å²) in [7, 11) is 0. The molecule has 0 radical (unpaired) electrons. The summed E-state index contributed by atoms with van der Waals surface area (Å²) in [4.78, 5) is 20.1. The molecule has 146 valence electrons. The van der Waals surface area contributed by atoms with Crippen molar-refractivity contribution in [2.75, 3.05) is 13.1 Å². The minimum Gasteiger partial charge on any atom is -0.338 e. The molecular formula is C21H23ClN4OS.